The summed E-state index contributed by atoms with van der Waals surface area (Å²) in [7, 11) is 0. The van der Waals surface area contributed by atoms with Crippen LogP contribution < -0.4 is 0 Å². The van der Waals surface area contributed by atoms with Crippen molar-refractivity contribution in [3.63, 3.8) is 0 Å². The van der Waals surface area contributed by atoms with Gasteiger partial charge in [0.2, 0.25) is 11.5 Å². The number of ether oxygens (including phenoxy) is 1. The van der Waals surface area contributed by atoms with Crippen molar-refractivity contribution in [2.24, 2.45) is 0 Å². The van der Waals surface area contributed by atoms with E-state index in [9.17, 15) is 4.79 Å². The molecule has 0 saturated heterocycles. The Hall–Kier alpha value is -1.05. The maximum Gasteiger partial charge on any atom is 0.223 e. The van der Waals surface area contributed by atoms with Gasteiger partial charge >= 0.3 is 0 Å². The third kappa shape index (κ3) is 0.682. The molecule has 0 fully saturated rings. The number of carbonyl (C=O) groups is 1. The lowest BCUT2D eigenvalue weighted by molar-refractivity contribution is -0.112. The van der Waals surface area contributed by atoms with E-state index in [0.29, 0.717) is 5.76 Å². The molecule has 0 aliphatic carbocycles. The summed E-state index contributed by atoms with van der Waals surface area (Å²) in [6.45, 7) is 3.25. The van der Waals surface area contributed by atoms with Gasteiger partial charge in [-0.05, 0) is 6.08 Å². The van der Waals surface area contributed by atoms with E-state index < -0.39 is 0 Å². The van der Waals surface area contributed by atoms with Crippen molar-refractivity contribution in [2.45, 2.75) is 0 Å². The molecule has 1 aliphatic heterocycles. The van der Waals surface area contributed by atoms with Gasteiger partial charge in [-0.1, -0.05) is 6.58 Å². The smallest absolute Gasteiger partial charge is 0.223 e. The topological polar surface area (TPSA) is 29.6 Å². The lowest BCUT2D eigenvalue weighted by Gasteiger charge is -1.72. The highest BCUT2D eigenvalue weighted by atomic mass is 16.5. The Kier molecular flexibility index (Phi) is 0.719. The number of rotatable bonds is 2. The standard InChI is InChI=1S/C5H4O2/c1-2-4(6)5-3-7-5/h2-3H,1H2. The van der Waals surface area contributed by atoms with Crippen molar-refractivity contribution >= 4 is 5.78 Å². The van der Waals surface area contributed by atoms with Crippen LogP contribution in [-0.4, -0.2) is 5.78 Å². The Morgan fingerprint density at radius 1 is 2.00 bits per heavy atom. The predicted molar refractivity (Wildman–Crippen MR) is 24.4 cm³/mol. The van der Waals surface area contributed by atoms with Gasteiger partial charge in [-0.15, -0.1) is 0 Å². The first-order valence-corrected chi connectivity index (χ1v) is 1.88. The van der Waals surface area contributed by atoms with Crippen molar-refractivity contribution in [2.75, 3.05) is 0 Å². The molecule has 0 saturated carbocycles. The van der Waals surface area contributed by atoms with Crippen LogP contribution in [0.2, 0.25) is 0 Å². The van der Waals surface area contributed by atoms with Crippen LogP contribution >= 0.6 is 0 Å². The molecule has 0 atom stereocenters. The molecule has 0 spiro atoms. The molecule has 0 N–H and O–H groups in total. The first kappa shape index (κ1) is 4.12. The van der Waals surface area contributed by atoms with E-state index in [1.165, 1.54) is 12.3 Å². The first-order valence-electron chi connectivity index (χ1n) is 1.88. The lowest BCUT2D eigenvalue weighted by Crippen LogP contribution is -1.85. The maximum atomic E-state index is 10.3. The highest BCUT2D eigenvalue weighted by Gasteiger charge is 2.15. The Bertz CT molecular complexity index is 144. The van der Waals surface area contributed by atoms with Crippen LogP contribution in [0.3, 0.4) is 0 Å². The zero-order chi connectivity index (χ0) is 5.28. The minimum atomic E-state index is -0.139. The van der Waals surface area contributed by atoms with Gasteiger partial charge in [0.15, 0.2) is 0 Å². The zero-order valence-corrected chi connectivity index (χ0v) is 3.68. The van der Waals surface area contributed by atoms with E-state index in [-0.39, 0.29) is 5.78 Å². The normalized spacial score (nSPS) is 14.0. The molecule has 0 aromatic carbocycles. The van der Waals surface area contributed by atoms with Crippen LogP contribution in [0.15, 0.2) is 24.7 Å². The monoisotopic (exact) mass is 96.0 g/mol. The Balaban J connectivity index is 2.54. The molecule has 36 valence electrons. The van der Waals surface area contributed by atoms with Crippen LogP contribution in [0.4, 0.5) is 0 Å². The number of ketones is 1. The van der Waals surface area contributed by atoms with Crippen LogP contribution in [-0.2, 0) is 9.53 Å². The van der Waals surface area contributed by atoms with Gasteiger partial charge in [-0.25, -0.2) is 0 Å². The summed E-state index contributed by atoms with van der Waals surface area (Å²) < 4.78 is 4.43. The van der Waals surface area contributed by atoms with Gasteiger partial charge < -0.3 is 4.74 Å². The van der Waals surface area contributed by atoms with Crippen LogP contribution in [0.5, 0.6) is 0 Å². The van der Waals surface area contributed by atoms with Gasteiger partial charge in [0.05, 0.1) is 0 Å². The highest BCUT2D eigenvalue weighted by Crippen LogP contribution is 2.13. The average molecular weight is 96.1 g/mol. The van der Waals surface area contributed by atoms with Crippen LogP contribution in [0.25, 0.3) is 0 Å². The summed E-state index contributed by atoms with van der Waals surface area (Å²) in [6, 6.07) is 0. The highest BCUT2D eigenvalue weighted by molar-refractivity contribution is 6.03. The van der Waals surface area contributed by atoms with Gasteiger partial charge in [-0.3, -0.25) is 4.79 Å². The number of allylic oxidation sites excluding steroid dienone is 1. The average Bonchev–Trinajstić information content (AvgIpc) is 2.44. The van der Waals surface area contributed by atoms with Crippen LogP contribution in [0, 0.1) is 0 Å². The van der Waals surface area contributed by atoms with Gasteiger partial charge in [0, 0.05) is 0 Å². The summed E-state index contributed by atoms with van der Waals surface area (Å²) >= 11 is 0. The molecule has 0 amide bonds. The minimum Gasteiger partial charge on any atom is -0.454 e. The van der Waals surface area contributed by atoms with E-state index in [2.05, 4.69) is 11.3 Å². The second-order valence-electron chi connectivity index (χ2n) is 1.17. The largest absolute Gasteiger partial charge is 0.454 e. The quantitative estimate of drug-likeness (QED) is 0.471. The minimum absolute atomic E-state index is 0.139. The first-order chi connectivity index (χ1) is 3.34. The SMILES string of the molecule is C=CC(=O)C1=CO1. The molecular weight excluding hydrogens is 92.1 g/mol. The third-order valence-electron chi connectivity index (χ3n) is 0.664. The number of hydrogen-bond donors (Lipinski definition) is 0. The fourth-order valence-corrected chi connectivity index (χ4v) is 0.246. The summed E-state index contributed by atoms with van der Waals surface area (Å²) in [5.74, 6) is 0.273. The Labute approximate surface area is 41.1 Å². The van der Waals surface area contributed by atoms with E-state index in [1.807, 2.05) is 0 Å². The summed E-state index contributed by atoms with van der Waals surface area (Å²) in [5.41, 5.74) is 0. The second-order valence-corrected chi connectivity index (χ2v) is 1.17. The van der Waals surface area contributed by atoms with E-state index in [1.54, 1.807) is 0 Å². The molecule has 2 nitrogen and oxygen atoms in total. The maximum absolute atomic E-state index is 10.3. The fraction of sp³-hybridized carbons (Fsp3) is 0. The van der Waals surface area contributed by atoms with Gasteiger partial charge in [0.25, 0.3) is 0 Å². The predicted octanol–water partition coefficient (Wildman–Crippen LogP) is 0.613. The number of carbonyl (C=O) groups excluding carboxylic acids is 1. The molecule has 1 aliphatic rings. The lowest BCUT2D eigenvalue weighted by atomic mass is 10.4. The number of hydrogen-bond acceptors (Lipinski definition) is 2. The van der Waals surface area contributed by atoms with Crippen molar-refractivity contribution in [1.82, 2.24) is 0 Å². The van der Waals surface area contributed by atoms with E-state index in [4.69, 9.17) is 0 Å². The summed E-state index contributed by atoms with van der Waals surface area (Å²) in [6.07, 6.45) is 2.61. The molecule has 0 aromatic rings. The Morgan fingerprint density at radius 2 is 2.57 bits per heavy atom. The van der Waals surface area contributed by atoms with Crippen molar-refractivity contribution < 1.29 is 9.53 Å². The third-order valence-corrected chi connectivity index (χ3v) is 0.664. The van der Waals surface area contributed by atoms with E-state index in [0.717, 1.165) is 0 Å². The Morgan fingerprint density at radius 3 is 2.71 bits per heavy atom. The van der Waals surface area contributed by atoms with E-state index >= 15 is 0 Å². The zero-order valence-electron chi connectivity index (χ0n) is 3.68. The summed E-state index contributed by atoms with van der Waals surface area (Å²) in [4.78, 5) is 10.3. The fourth-order valence-electron chi connectivity index (χ4n) is 0.246. The van der Waals surface area contributed by atoms with Gasteiger partial charge in [0.1, 0.15) is 6.26 Å². The molecule has 2 heteroatoms. The van der Waals surface area contributed by atoms with Crippen molar-refractivity contribution in [3.8, 4) is 0 Å². The molecule has 0 bridgehead atoms. The molecule has 7 heavy (non-hydrogen) atoms. The molecule has 1 rings (SSSR count). The van der Waals surface area contributed by atoms with Crippen LogP contribution in [0.1, 0.15) is 0 Å². The molecule has 1 heterocycles. The molecular formula is C5H4O2. The molecule has 0 radical (unpaired) electrons. The molecule has 0 unspecified atom stereocenters. The summed E-state index contributed by atoms with van der Waals surface area (Å²) in [5, 5.41) is 0. The van der Waals surface area contributed by atoms with Gasteiger partial charge in [-0.2, -0.15) is 0 Å². The van der Waals surface area contributed by atoms with Crippen molar-refractivity contribution in [3.05, 3.63) is 24.7 Å². The van der Waals surface area contributed by atoms with Crippen molar-refractivity contribution in [1.29, 1.82) is 0 Å². The second kappa shape index (κ2) is 1.22. The molecule has 0 aromatic heterocycles.